The number of aryl methyl sites for hydroxylation is 1. The van der Waals surface area contributed by atoms with Crippen molar-refractivity contribution >= 4 is 40.5 Å². The van der Waals surface area contributed by atoms with Gasteiger partial charge in [0.2, 0.25) is 0 Å². The first kappa shape index (κ1) is 25.2. The number of hydrogen-bond donors (Lipinski definition) is 2. The van der Waals surface area contributed by atoms with E-state index in [0.717, 1.165) is 28.1 Å². The maximum atomic E-state index is 13.2. The molecular weight excluding hydrogens is 521 g/mol. The summed E-state index contributed by atoms with van der Waals surface area (Å²) in [6, 6.07) is 0.857. The van der Waals surface area contributed by atoms with Crippen molar-refractivity contribution in [2.45, 2.75) is 13.1 Å². The van der Waals surface area contributed by atoms with Gasteiger partial charge in [-0.15, -0.1) is 22.7 Å². The van der Waals surface area contributed by atoms with Crippen LogP contribution in [0.4, 0.5) is 23.8 Å². The summed E-state index contributed by atoms with van der Waals surface area (Å²) in [6.45, 7) is 2.09. The van der Waals surface area contributed by atoms with E-state index in [2.05, 4.69) is 35.7 Å². The standard InChI is InChI=1S/C20H17F3N8O3S2/c1-4-24-19(33)29-12-5-9(16-28-11(7-35-16)20(21,22)23)10(6-25-12)17-30-13(14(36-17)18(32)34-3)15-26-8-27-31(15)2/h5-8H,4H2,1-3H3,(H2,24,25,29,33). The van der Waals surface area contributed by atoms with Crippen molar-refractivity contribution in [1.82, 2.24) is 35.0 Å². The molecule has 4 aromatic rings. The number of pyridine rings is 1. The van der Waals surface area contributed by atoms with Crippen molar-refractivity contribution in [3.8, 4) is 32.7 Å². The number of methoxy groups -OCH3 is 1. The van der Waals surface area contributed by atoms with E-state index in [1.165, 1.54) is 30.4 Å². The first-order valence-electron chi connectivity index (χ1n) is 10.1. The van der Waals surface area contributed by atoms with Crippen LogP contribution in [0.15, 0.2) is 24.0 Å². The van der Waals surface area contributed by atoms with Crippen LogP contribution in [-0.2, 0) is 18.0 Å². The summed E-state index contributed by atoms with van der Waals surface area (Å²) in [5.74, 6) is -0.299. The van der Waals surface area contributed by atoms with Crippen LogP contribution in [0, 0.1) is 0 Å². The highest BCUT2D eigenvalue weighted by Gasteiger charge is 2.34. The molecule has 0 saturated carbocycles. The minimum atomic E-state index is -4.64. The van der Waals surface area contributed by atoms with Gasteiger partial charge in [0.05, 0.1) is 7.11 Å². The number of esters is 1. The summed E-state index contributed by atoms with van der Waals surface area (Å²) in [6.07, 6.45) is -2.01. The Hall–Kier alpha value is -3.92. The number of nitrogens with one attached hydrogen (secondary N) is 2. The van der Waals surface area contributed by atoms with E-state index >= 15 is 0 Å². The van der Waals surface area contributed by atoms with Crippen molar-refractivity contribution < 1.29 is 27.5 Å². The highest BCUT2D eigenvalue weighted by Crippen LogP contribution is 2.41. The van der Waals surface area contributed by atoms with E-state index in [1.54, 1.807) is 14.0 Å². The van der Waals surface area contributed by atoms with Gasteiger partial charge in [-0.2, -0.15) is 18.3 Å². The van der Waals surface area contributed by atoms with Crippen molar-refractivity contribution in [3.63, 3.8) is 0 Å². The van der Waals surface area contributed by atoms with E-state index < -0.39 is 23.9 Å². The molecule has 36 heavy (non-hydrogen) atoms. The fourth-order valence-corrected chi connectivity index (χ4v) is 4.91. The lowest BCUT2D eigenvalue weighted by Crippen LogP contribution is -2.28. The average Bonchev–Trinajstić information content (AvgIpc) is 3.57. The minimum Gasteiger partial charge on any atom is -0.465 e. The molecule has 2 N–H and O–H groups in total. The first-order valence-corrected chi connectivity index (χ1v) is 11.8. The lowest BCUT2D eigenvalue weighted by Gasteiger charge is -2.09. The van der Waals surface area contributed by atoms with Gasteiger partial charge < -0.3 is 10.1 Å². The molecule has 0 spiro atoms. The number of thiazole rings is 2. The monoisotopic (exact) mass is 538 g/mol. The van der Waals surface area contributed by atoms with E-state index in [0.29, 0.717) is 12.1 Å². The highest BCUT2D eigenvalue weighted by atomic mass is 32.1. The molecule has 4 aromatic heterocycles. The third-order valence-electron chi connectivity index (χ3n) is 4.66. The van der Waals surface area contributed by atoms with Crippen LogP contribution in [-0.4, -0.2) is 55.4 Å². The van der Waals surface area contributed by atoms with Gasteiger partial charge in [0.1, 0.15) is 32.7 Å². The van der Waals surface area contributed by atoms with Crippen LogP contribution < -0.4 is 10.6 Å². The smallest absolute Gasteiger partial charge is 0.434 e. The van der Waals surface area contributed by atoms with Crippen molar-refractivity contribution in [1.29, 1.82) is 0 Å². The number of aromatic nitrogens is 6. The predicted molar refractivity (Wildman–Crippen MR) is 125 cm³/mol. The number of alkyl halides is 3. The van der Waals surface area contributed by atoms with Gasteiger partial charge in [-0.1, -0.05) is 0 Å². The zero-order valence-electron chi connectivity index (χ0n) is 18.9. The second-order valence-corrected chi connectivity index (χ2v) is 8.89. The Labute approximate surface area is 209 Å². The van der Waals surface area contributed by atoms with E-state index in [-0.39, 0.29) is 37.8 Å². The second kappa shape index (κ2) is 9.98. The Balaban J connectivity index is 1.88. The maximum Gasteiger partial charge on any atom is 0.434 e. The van der Waals surface area contributed by atoms with Gasteiger partial charge in [0.25, 0.3) is 0 Å². The average molecular weight is 539 g/mol. The van der Waals surface area contributed by atoms with E-state index in [9.17, 15) is 22.8 Å². The summed E-state index contributed by atoms with van der Waals surface area (Å²) in [5, 5.41) is 10.2. The number of urea groups is 1. The van der Waals surface area contributed by atoms with Crippen molar-refractivity contribution in [2.75, 3.05) is 19.0 Å². The summed E-state index contributed by atoms with van der Waals surface area (Å²) in [7, 11) is 2.83. The molecule has 0 unspecified atom stereocenters. The predicted octanol–water partition coefficient (Wildman–Crippen LogP) is 4.07. The van der Waals surface area contributed by atoms with E-state index in [1.807, 2.05) is 0 Å². The molecule has 0 aliphatic rings. The van der Waals surface area contributed by atoms with Crippen LogP contribution in [0.1, 0.15) is 22.3 Å². The molecule has 11 nitrogen and oxygen atoms in total. The van der Waals surface area contributed by atoms with Gasteiger partial charge >= 0.3 is 18.2 Å². The molecule has 0 radical (unpaired) electrons. The number of halogens is 3. The Morgan fingerprint density at radius 1 is 1.17 bits per heavy atom. The fourth-order valence-electron chi connectivity index (χ4n) is 3.05. The molecule has 0 fully saturated rings. The van der Waals surface area contributed by atoms with Crippen molar-refractivity contribution in [2.24, 2.45) is 7.05 Å². The van der Waals surface area contributed by atoms with Gasteiger partial charge in [-0.05, 0) is 13.0 Å². The number of anilines is 1. The lowest BCUT2D eigenvalue weighted by molar-refractivity contribution is -0.140. The van der Waals surface area contributed by atoms with Crippen LogP contribution in [0.25, 0.3) is 32.7 Å². The van der Waals surface area contributed by atoms with Gasteiger partial charge in [-0.25, -0.2) is 34.2 Å². The van der Waals surface area contributed by atoms with Gasteiger partial charge in [-0.3, -0.25) is 5.32 Å². The van der Waals surface area contributed by atoms with Crippen LogP contribution >= 0.6 is 22.7 Å². The molecule has 16 heteroatoms. The van der Waals surface area contributed by atoms with Crippen LogP contribution in [0.2, 0.25) is 0 Å². The molecule has 4 rings (SSSR count). The summed E-state index contributed by atoms with van der Waals surface area (Å²) in [5.41, 5.74) is -0.347. The summed E-state index contributed by atoms with van der Waals surface area (Å²) in [4.78, 5) is 41.2. The topological polar surface area (TPSA) is 137 Å². The SMILES string of the molecule is CCNC(=O)Nc1cc(-c2nc(C(F)(F)F)cs2)c(-c2nc(-c3ncnn3C)c(C(=O)OC)s2)cn1. The number of rotatable bonds is 6. The summed E-state index contributed by atoms with van der Waals surface area (Å²) < 4.78 is 46.0. The molecule has 4 heterocycles. The zero-order valence-corrected chi connectivity index (χ0v) is 20.5. The fraction of sp³-hybridized carbons (Fsp3) is 0.250. The molecule has 0 bridgehead atoms. The van der Waals surface area contributed by atoms with Gasteiger partial charge in [0.15, 0.2) is 11.5 Å². The van der Waals surface area contributed by atoms with Gasteiger partial charge in [0, 0.05) is 36.3 Å². The number of ether oxygens (including phenoxy) is 1. The first-order chi connectivity index (χ1) is 17.1. The number of amides is 2. The highest BCUT2D eigenvalue weighted by molar-refractivity contribution is 7.17. The Bertz CT molecular complexity index is 1430. The molecule has 0 atom stereocenters. The zero-order chi connectivity index (χ0) is 26.0. The quantitative estimate of drug-likeness (QED) is 0.351. The number of nitrogens with zero attached hydrogens (tertiary/aromatic N) is 6. The number of hydrogen-bond acceptors (Lipinski definition) is 10. The Kier molecular flexibility index (Phi) is 6.98. The third kappa shape index (κ3) is 5.03. The van der Waals surface area contributed by atoms with E-state index in [4.69, 9.17) is 4.74 Å². The van der Waals surface area contributed by atoms with Crippen LogP contribution in [0.5, 0.6) is 0 Å². The molecule has 188 valence electrons. The molecule has 0 saturated heterocycles. The maximum absolute atomic E-state index is 13.2. The third-order valence-corrected chi connectivity index (χ3v) is 6.60. The molecule has 0 aliphatic heterocycles. The molecular formula is C20H17F3N8O3S2. The van der Waals surface area contributed by atoms with Crippen LogP contribution in [0.3, 0.4) is 0 Å². The van der Waals surface area contributed by atoms with Crippen molar-refractivity contribution in [3.05, 3.63) is 34.5 Å². The molecule has 0 aromatic carbocycles. The number of carbonyl (C=O) groups is 2. The normalized spacial score (nSPS) is 11.4. The number of carbonyl (C=O) groups excluding carboxylic acids is 2. The Morgan fingerprint density at radius 2 is 1.94 bits per heavy atom. The largest absolute Gasteiger partial charge is 0.465 e. The lowest BCUT2D eigenvalue weighted by atomic mass is 10.1. The Morgan fingerprint density at radius 3 is 2.56 bits per heavy atom. The summed E-state index contributed by atoms with van der Waals surface area (Å²) >= 11 is 1.72. The molecule has 2 amide bonds. The second-order valence-electron chi connectivity index (χ2n) is 7.03. The minimum absolute atomic E-state index is 0.0219. The molecule has 0 aliphatic carbocycles.